The van der Waals surface area contributed by atoms with E-state index in [-0.39, 0.29) is 17.9 Å². The van der Waals surface area contributed by atoms with E-state index in [2.05, 4.69) is 216 Å². The Balaban J connectivity index is 1.13. The van der Waals surface area contributed by atoms with Crippen molar-refractivity contribution >= 4 is 98.0 Å². The van der Waals surface area contributed by atoms with Gasteiger partial charge in [-0.05, 0) is 71.0 Å². The summed E-state index contributed by atoms with van der Waals surface area (Å²) in [6.45, 7) is 9.67. The summed E-state index contributed by atoms with van der Waals surface area (Å²) in [5.41, 5.74) is 20.0. The lowest BCUT2D eigenvalue weighted by molar-refractivity contribution is -0.704. The normalized spacial score (nSPS) is 14.4. The number of rotatable bonds is 4. The number of nitrogens with zero attached hydrogens (tertiary/aromatic N) is 4. The number of hydrogen-bond acceptors (Lipinski definition) is 0. The number of pyridine rings is 1. The Morgan fingerprint density at radius 2 is 0.906 bits per heavy atom. The second kappa shape index (κ2) is 12.1. The predicted octanol–water partition coefficient (Wildman–Crippen LogP) is 15.2. The van der Waals surface area contributed by atoms with Crippen LogP contribution in [0, 0.1) is 0 Å². The van der Waals surface area contributed by atoms with Crippen molar-refractivity contribution in [1.29, 1.82) is 0 Å². The molecule has 4 heteroatoms. The van der Waals surface area contributed by atoms with Crippen LogP contribution in [0.25, 0.3) is 115 Å². The standard InChI is InChI=1S/C60H43N4/c1-33(2)48-55-42-25-16-23-40-53-47(30-29-45-51(53)38-21-11-12-26-44(38)62(45)35-17-7-5-8-18-35)64(58(40)42)60(55)49(34(3)4)54-41-24-15-22-39-52-46(63(57(39)41)59(48)54)28-27-43-50(52)36-19-9-10-20-37(36)56(43)61-31-13-6-14-32-61/h5-34,56H,1-4H3/q+1. The first-order valence-corrected chi connectivity index (χ1v) is 23.0. The minimum Gasteiger partial charge on any atom is -0.309 e. The molecule has 0 amide bonds. The lowest BCUT2D eigenvalue weighted by Gasteiger charge is -2.19. The van der Waals surface area contributed by atoms with Gasteiger partial charge in [-0.25, -0.2) is 0 Å². The molecule has 64 heavy (non-hydrogen) atoms. The quantitative estimate of drug-likeness (QED) is 0.157. The zero-order valence-corrected chi connectivity index (χ0v) is 36.2. The maximum absolute atomic E-state index is 2.69. The molecule has 1 aliphatic rings. The van der Waals surface area contributed by atoms with Gasteiger partial charge in [-0.2, -0.15) is 4.57 Å². The van der Waals surface area contributed by atoms with Crippen LogP contribution in [0.4, 0.5) is 0 Å². The van der Waals surface area contributed by atoms with Crippen molar-refractivity contribution in [1.82, 2.24) is 13.4 Å². The average molecular weight is 820 g/mol. The molecule has 302 valence electrons. The second-order valence-electron chi connectivity index (χ2n) is 18.9. The van der Waals surface area contributed by atoms with Crippen molar-refractivity contribution in [3.63, 3.8) is 0 Å². The van der Waals surface area contributed by atoms with Crippen LogP contribution >= 0.6 is 0 Å². The first-order valence-electron chi connectivity index (χ1n) is 23.0. The topological polar surface area (TPSA) is 17.6 Å². The van der Waals surface area contributed by atoms with Crippen LogP contribution in [0.1, 0.15) is 67.8 Å². The fourth-order valence-corrected chi connectivity index (χ4v) is 13.0. The van der Waals surface area contributed by atoms with Gasteiger partial charge in [-0.3, -0.25) is 0 Å². The van der Waals surface area contributed by atoms with Gasteiger partial charge in [0.15, 0.2) is 12.4 Å². The van der Waals surface area contributed by atoms with Crippen LogP contribution in [0.15, 0.2) is 170 Å². The van der Waals surface area contributed by atoms with Gasteiger partial charge in [-0.1, -0.05) is 131 Å². The molecule has 1 atom stereocenters. The lowest BCUT2D eigenvalue weighted by Crippen LogP contribution is -2.38. The zero-order valence-electron chi connectivity index (χ0n) is 36.2. The summed E-state index contributed by atoms with van der Waals surface area (Å²) in [5, 5.41) is 13.5. The lowest BCUT2D eigenvalue weighted by atomic mass is 9.87. The number of aromatic nitrogens is 4. The van der Waals surface area contributed by atoms with E-state index in [1.54, 1.807) is 0 Å². The molecule has 6 aromatic heterocycles. The minimum atomic E-state index is 0.122. The highest BCUT2D eigenvalue weighted by molar-refractivity contribution is 6.36. The van der Waals surface area contributed by atoms with Gasteiger partial charge in [0.1, 0.15) is 0 Å². The Morgan fingerprint density at radius 1 is 0.391 bits per heavy atom. The van der Waals surface area contributed by atoms with Gasteiger partial charge in [0, 0.05) is 88.4 Å². The summed E-state index contributed by atoms with van der Waals surface area (Å²) in [5.74, 6) is 0.529. The van der Waals surface area contributed by atoms with E-state index in [1.165, 1.54) is 137 Å². The molecule has 0 aliphatic heterocycles. The third-order valence-electron chi connectivity index (χ3n) is 15.1. The summed E-state index contributed by atoms with van der Waals surface area (Å²) in [7, 11) is 0. The summed E-state index contributed by atoms with van der Waals surface area (Å²) in [4.78, 5) is 0. The Hall–Kier alpha value is -7.69. The molecule has 0 radical (unpaired) electrons. The van der Waals surface area contributed by atoms with Gasteiger partial charge in [0.05, 0.1) is 44.1 Å². The monoisotopic (exact) mass is 819 g/mol. The molecule has 1 aliphatic carbocycles. The van der Waals surface area contributed by atoms with E-state index in [4.69, 9.17) is 0 Å². The van der Waals surface area contributed by atoms with E-state index in [0.29, 0.717) is 0 Å². The molecule has 0 spiro atoms. The van der Waals surface area contributed by atoms with Crippen LogP contribution in [0.5, 0.6) is 0 Å². The minimum absolute atomic E-state index is 0.122. The number of para-hydroxylation sites is 4. The highest BCUT2D eigenvalue weighted by Crippen LogP contribution is 2.55. The van der Waals surface area contributed by atoms with Crippen molar-refractivity contribution in [3.8, 4) is 16.8 Å². The summed E-state index contributed by atoms with van der Waals surface area (Å²) < 4.78 is 10.2. The second-order valence-corrected chi connectivity index (χ2v) is 18.9. The van der Waals surface area contributed by atoms with Gasteiger partial charge in [-0.15, -0.1) is 0 Å². The first kappa shape index (κ1) is 34.8. The van der Waals surface area contributed by atoms with Gasteiger partial charge < -0.3 is 13.4 Å². The van der Waals surface area contributed by atoms with Crippen molar-refractivity contribution < 1.29 is 4.57 Å². The van der Waals surface area contributed by atoms with Crippen molar-refractivity contribution in [3.05, 3.63) is 192 Å². The molecule has 1 unspecified atom stereocenters. The van der Waals surface area contributed by atoms with Crippen molar-refractivity contribution in [2.24, 2.45) is 0 Å². The third-order valence-corrected chi connectivity index (χ3v) is 15.1. The highest BCUT2D eigenvalue weighted by atomic mass is 15.0. The molecule has 8 aromatic carbocycles. The zero-order chi connectivity index (χ0) is 42.3. The molecule has 4 nitrogen and oxygen atoms in total. The fourth-order valence-electron chi connectivity index (χ4n) is 13.0. The average Bonchev–Trinajstić information content (AvgIpc) is 4.16. The smallest absolute Gasteiger partial charge is 0.210 e. The molecule has 0 fully saturated rings. The van der Waals surface area contributed by atoms with Crippen LogP contribution in [-0.2, 0) is 0 Å². The number of fused-ring (bicyclic) bond motifs is 20. The van der Waals surface area contributed by atoms with E-state index < -0.39 is 0 Å². The van der Waals surface area contributed by atoms with Crippen LogP contribution in [0.3, 0.4) is 0 Å². The number of benzene rings is 8. The molecule has 0 saturated heterocycles. The SMILES string of the molecule is CC(C)c1c2c3cccc4c5c6c7ccccc7n(-c7ccccc7)c6ccc5n(c2c(C(C)C)c2c5cccc6c7c8c(ccc7n(c12)c65)C([n+]1ccccc1)c1ccccc1-8)c34. The van der Waals surface area contributed by atoms with Crippen molar-refractivity contribution in [2.75, 3.05) is 0 Å². The predicted molar refractivity (Wildman–Crippen MR) is 268 cm³/mol. The summed E-state index contributed by atoms with van der Waals surface area (Å²) in [6, 6.07) is 59.4. The maximum Gasteiger partial charge on any atom is 0.210 e. The first-order chi connectivity index (χ1) is 31.5. The molecule has 0 N–H and O–H groups in total. The van der Waals surface area contributed by atoms with E-state index in [1.807, 2.05) is 0 Å². The maximum atomic E-state index is 2.69. The Kier molecular flexibility index (Phi) is 6.57. The van der Waals surface area contributed by atoms with Gasteiger partial charge in [0.2, 0.25) is 6.04 Å². The third kappa shape index (κ3) is 4.01. The van der Waals surface area contributed by atoms with Gasteiger partial charge >= 0.3 is 0 Å². The van der Waals surface area contributed by atoms with E-state index >= 15 is 0 Å². The Morgan fingerprint density at radius 3 is 1.59 bits per heavy atom. The highest BCUT2D eigenvalue weighted by Gasteiger charge is 2.38. The Labute approximate surface area is 369 Å². The summed E-state index contributed by atoms with van der Waals surface area (Å²) in [6.07, 6.45) is 4.44. The molecule has 14 aromatic rings. The number of hydrogen-bond donors (Lipinski definition) is 0. The van der Waals surface area contributed by atoms with Crippen LogP contribution in [0.2, 0.25) is 0 Å². The van der Waals surface area contributed by atoms with E-state index in [9.17, 15) is 0 Å². The molecule has 0 bridgehead atoms. The largest absolute Gasteiger partial charge is 0.309 e. The summed E-state index contributed by atoms with van der Waals surface area (Å²) >= 11 is 0. The molecule has 6 heterocycles. The van der Waals surface area contributed by atoms with Crippen molar-refractivity contribution in [2.45, 2.75) is 45.6 Å². The van der Waals surface area contributed by atoms with E-state index in [0.717, 1.165) is 0 Å². The molecular formula is C60H43N4+. The van der Waals surface area contributed by atoms with Crippen LogP contribution in [-0.4, -0.2) is 13.4 Å². The molecule has 0 saturated carbocycles. The van der Waals surface area contributed by atoms with Crippen LogP contribution < -0.4 is 4.57 Å². The molecular weight excluding hydrogens is 777 g/mol. The van der Waals surface area contributed by atoms with Gasteiger partial charge in [0.25, 0.3) is 0 Å². The fraction of sp³-hybridized carbons (Fsp3) is 0.117. The Bertz CT molecular complexity index is 4290. The molecule has 15 rings (SSSR count).